The van der Waals surface area contributed by atoms with Gasteiger partial charge in [-0.2, -0.15) is 0 Å². The summed E-state index contributed by atoms with van der Waals surface area (Å²) in [5.41, 5.74) is 6.03. The maximum absolute atomic E-state index is 7.59. The van der Waals surface area contributed by atoms with Crippen molar-refractivity contribution in [3.05, 3.63) is 90.3 Å². The highest BCUT2D eigenvalue weighted by atomic mass is 16.3. The average molecular weight is 383 g/mol. The van der Waals surface area contributed by atoms with Gasteiger partial charge < -0.3 is 4.42 Å². The Morgan fingerprint density at radius 3 is 2.47 bits per heavy atom. The quantitative estimate of drug-likeness (QED) is 0.204. The summed E-state index contributed by atoms with van der Waals surface area (Å²) in [5, 5.41) is 5.19. The molecule has 0 bridgehead atoms. The molecule has 0 fully saturated rings. The number of furan rings is 1. The number of aromatic nitrogens is 2. The summed E-state index contributed by atoms with van der Waals surface area (Å²) in [5.74, 6) is 0. The highest BCUT2D eigenvalue weighted by Gasteiger charge is 2.19. The Labute approximate surface area is 170 Å². The molecule has 0 spiro atoms. The predicted molar refractivity (Wildman–Crippen MR) is 121 cm³/mol. The van der Waals surface area contributed by atoms with Crippen LogP contribution < -0.4 is 0 Å². The summed E-state index contributed by atoms with van der Waals surface area (Å²) >= 11 is 0. The zero-order valence-corrected chi connectivity index (χ0v) is 15.8. The molecule has 0 aliphatic heterocycles. The summed E-state index contributed by atoms with van der Waals surface area (Å²) in [6.07, 6.45) is 0. The van der Waals surface area contributed by atoms with Crippen LogP contribution in [0.1, 0.15) is 0 Å². The molecule has 7 aromatic rings. The van der Waals surface area contributed by atoms with Crippen LogP contribution in [0.5, 0.6) is 0 Å². The molecule has 0 unspecified atom stereocenters. The van der Waals surface area contributed by atoms with Crippen molar-refractivity contribution in [1.82, 2.24) is 9.38 Å². The lowest BCUT2D eigenvalue weighted by Crippen LogP contribution is -1.92. The van der Waals surface area contributed by atoms with Gasteiger partial charge in [0.1, 0.15) is 11.2 Å². The Balaban J connectivity index is 1.88. The summed E-state index contributed by atoms with van der Waals surface area (Å²) in [6.45, 7) is 7.59. The van der Waals surface area contributed by atoms with E-state index < -0.39 is 0 Å². The molecule has 4 aromatic carbocycles. The van der Waals surface area contributed by atoms with Gasteiger partial charge in [0.15, 0.2) is 11.3 Å². The molecule has 0 atom stereocenters. The third-order valence-electron chi connectivity index (χ3n) is 5.98. The number of pyridine rings is 1. The third-order valence-corrected chi connectivity index (χ3v) is 5.98. The van der Waals surface area contributed by atoms with E-state index in [-0.39, 0.29) is 0 Å². The smallest absolute Gasteiger partial charge is 0.198 e. The highest BCUT2D eigenvalue weighted by molar-refractivity contribution is 6.24. The lowest BCUT2D eigenvalue weighted by Gasteiger charge is -2.09. The van der Waals surface area contributed by atoms with Crippen LogP contribution in [0.4, 0.5) is 5.69 Å². The van der Waals surface area contributed by atoms with Crippen molar-refractivity contribution in [3.63, 3.8) is 0 Å². The van der Waals surface area contributed by atoms with Crippen LogP contribution in [0.15, 0.2) is 83.3 Å². The van der Waals surface area contributed by atoms with Gasteiger partial charge in [-0.1, -0.05) is 60.7 Å². The molecule has 138 valence electrons. The van der Waals surface area contributed by atoms with E-state index in [0.717, 1.165) is 60.3 Å². The van der Waals surface area contributed by atoms with E-state index in [9.17, 15) is 0 Å². The summed E-state index contributed by atoms with van der Waals surface area (Å²) < 4.78 is 8.60. The molecule has 0 saturated carbocycles. The molecule has 0 radical (unpaired) electrons. The minimum atomic E-state index is 0.609. The molecule has 0 aliphatic rings. The molecule has 7 rings (SSSR count). The monoisotopic (exact) mass is 383 g/mol. The molecule has 30 heavy (non-hydrogen) atoms. The van der Waals surface area contributed by atoms with E-state index in [2.05, 4.69) is 51.7 Å². The second kappa shape index (κ2) is 5.37. The number of nitrogens with zero attached hydrogens (tertiary/aromatic N) is 3. The number of fused-ring (bicyclic) bond motifs is 12. The first kappa shape index (κ1) is 15.5. The summed E-state index contributed by atoms with van der Waals surface area (Å²) in [6, 6.07) is 26.4. The van der Waals surface area contributed by atoms with Crippen LogP contribution >= 0.6 is 0 Å². The van der Waals surface area contributed by atoms with Crippen LogP contribution in [0.25, 0.3) is 65.1 Å². The predicted octanol–water partition coefficient (Wildman–Crippen LogP) is 7.24. The molecule has 0 amide bonds. The topological polar surface area (TPSA) is 34.8 Å². The van der Waals surface area contributed by atoms with E-state index >= 15 is 0 Å². The normalized spacial score (nSPS) is 12.0. The SMILES string of the molecule is [C-]#[N+]c1cccc2oc3c(ccc4c5ccccc5c5nc6ccccc6n5c43)c12. The van der Waals surface area contributed by atoms with Crippen molar-refractivity contribution in [2.24, 2.45) is 0 Å². The number of rotatable bonds is 0. The van der Waals surface area contributed by atoms with Crippen molar-refractivity contribution >= 4 is 66.0 Å². The van der Waals surface area contributed by atoms with Gasteiger partial charge in [0.25, 0.3) is 0 Å². The van der Waals surface area contributed by atoms with Crippen molar-refractivity contribution in [1.29, 1.82) is 0 Å². The first-order valence-electron chi connectivity index (χ1n) is 9.78. The molecule has 4 nitrogen and oxygen atoms in total. The molecule has 3 aromatic heterocycles. The fraction of sp³-hybridized carbons (Fsp3) is 0. The number of para-hydroxylation sites is 2. The van der Waals surface area contributed by atoms with Crippen LogP contribution in [-0.4, -0.2) is 9.38 Å². The second-order valence-electron chi connectivity index (χ2n) is 7.51. The largest absolute Gasteiger partial charge is 0.455 e. The van der Waals surface area contributed by atoms with Crippen molar-refractivity contribution in [3.8, 4) is 0 Å². The first-order valence-corrected chi connectivity index (χ1v) is 9.78. The van der Waals surface area contributed by atoms with Gasteiger partial charge in [-0.25, -0.2) is 9.83 Å². The Morgan fingerprint density at radius 2 is 1.57 bits per heavy atom. The zero-order chi connectivity index (χ0) is 19.8. The number of hydrogen-bond acceptors (Lipinski definition) is 2. The maximum Gasteiger partial charge on any atom is 0.198 e. The first-order chi connectivity index (χ1) is 14.8. The van der Waals surface area contributed by atoms with Gasteiger partial charge in [-0.05, 0) is 23.6 Å². The zero-order valence-electron chi connectivity index (χ0n) is 15.8. The van der Waals surface area contributed by atoms with Gasteiger partial charge in [-0.15, -0.1) is 0 Å². The van der Waals surface area contributed by atoms with Gasteiger partial charge in [0, 0.05) is 21.5 Å². The third kappa shape index (κ3) is 1.77. The molecular weight excluding hydrogens is 370 g/mol. The molecular formula is C26H13N3O. The Kier molecular flexibility index (Phi) is 2.78. The van der Waals surface area contributed by atoms with E-state index in [1.54, 1.807) is 0 Å². The minimum Gasteiger partial charge on any atom is -0.455 e. The lowest BCUT2D eigenvalue weighted by atomic mass is 10.0. The standard InChI is InChI=1S/C26H13N3O/c1-27-20-10-6-12-22-23(20)18-14-13-16-15-7-2-3-8-17(15)26-28-19-9-4-5-11-21(19)29(26)24(16)25(18)30-22/h2-14H. The van der Waals surface area contributed by atoms with Crippen LogP contribution in [0, 0.1) is 6.57 Å². The van der Waals surface area contributed by atoms with Crippen LogP contribution in [-0.2, 0) is 0 Å². The van der Waals surface area contributed by atoms with Gasteiger partial charge in [0.05, 0.1) is 23.1 Å². The molecule has 0 saturated heterocycles. The Morgan fingerprint density at radius 1 is 0.767 bits per heavy atom. The van der Waals surface area contributed by atoms with E-state index in [1.807, 2.05) is 36.4 Å². The molecule has 3 heterocycles. The average Bonchev–Trinajstić information content (AvgIpc) is 3.37. The number of benzene rings is 4. The Bertz CT molecular complexity index is 1860. The van der Waals surface area contributed by atoms with E-state index in [0.29, 0.717) is 5.69 Å². The van der Waals surface area contributed by atoms with Crippen LogP contribution in [0.3, 0.4) is 0 Å². The van der Waals surface area contributed by atoms with Crippen molar-refractivity contribution in [2.45, 2.75) is 0 Å². The minimum absolute atomic E-state index is 0.609. The van der Waals surface area contributed by atoms with Crippen LogP contribution in [0.2, 0.25) is 0 Å². The van der Waals surface area contributed by atoms with E-state index in [4.69, 9.17) is 16.0 Å². The summed E-state index contributed by atoms with van der Waals surface area (Å²) in [4.78, 5) is 8.68. The lowest BCUT2D eigenvalue weighted by molar-refractivity contribution is 0.671. The van der Waals surface area contributed by atoms with Gasteiger partial charge in [-0.3, -0.25) is 4.40 Å². The van der Waals surface area contributed by atoms with E-state index in [1.165, 1.54) is 0 Å². The molecule has 4 heteroatoms. The molecule has 0 N–H and O–H groups in total. The fourth-order valence-corrected chi connectivity index (χ4v) is 4.74. The van der Waals surface area contributed by atoms with Gasteiger partial charge in [0.2, 0.25) is 0 Å². The van der Waals surface area contributed by atoms with Crippen molar-refractivity contribution < 1.29 is 4.42 Å². The van der Waals surface area contributed by atoms with Crippen molar-refractivity contribution in [2.75, 3.05) is 0 Å². The number of imidazole rings is 1. The second-order valence-corrected chi connectivity index (χ2v) is 7.51. The summed E-state index contributed by atoms with van der Waals surface area (Å²) in [7, 11) is 0. The molecule has 0 aliphatic carbocycles. The number of hydrogen-bond donors (Lipinski definition) is 0. The fourth-order valence-electron chi connectivity index (χ4n) is 4.74. The highest BCUT2D eigenvalue weighted by Crippen LogP contribution is 2.41. The maximum atomic E-state index is 7.59. The van der Waals surface area contributed by atoms with Gasteiger partial charge >= 0.3 is 0 Å². The Hall–Kier alpha value is -4.36.